The summed E-state index contributed by atoms with van der Waals surface area (Å²) in [5.41, 5.74) is 2.07. The van der Waals surface area contributed by atoms with Crippen molar-refractivity contribution in [3.8, 4) is 0 Å². The van der Waals surface area contributed by atoms with E-state index in [-0.39, 0.29) is 24.5 Å². The van der Waals surface area contributed by atoms with Gasteiger partial charge in [0, 0.05) is 24.8 Å². The number of carbonyl (C=O) groups excluding carboxylic acids is 2. The number of amides is 3. The van der Waals surface area contributed by atoms with Gasteiger partial charge >= 0.3 is 6.03 Å². The molecular weight excluding hydrogens is 302 g/mol. The Bertz CT molecular complexity index is 577. The minimum atomic E-state index is -0.0742. The van der Waals surface area contributed by atoms with Gasteiger partial charge in [0.1, 0.15) is 6.54 Å². The van der Waals surface area contributed by atoms with Crippen molar-refractivity contribution >= 4 is 17.6 Å². The first-order valence-corrected chi connectivity index (χ1v) is 9.06. The molecule has 3 rings (SSSR count). The van der Waals surface area contributed by atoms with Crippen molar-refractivity contribution in [3.63, 3.8) is 0 Å². The molecule has 24 heavy (non-hydrogen) atoms. The van der Waals surface area contributed by atoms with Crippen molar-refractivity contribution in [3.05, 3.63) is 29.8 Å². The highest BCUT2D eigenvalue weighted by atomic mass is 16.2. The molecule has 0 bridgehead atoms. The van der Waals surface area contributed by atoms with Crippen molar-refractivity contribution < 1.29 is 9.59 Å². The Morgan fingerprint density at radius 1 is 1.08 bits per heavy atom. The van der Waals surface area contributed by atoms with Crippen LogP contribution in [0.4, 0.5) is 10.5 Å². The van der Waals surface area contributed by atoms with Crippen LogP contribution in [0.3, 0.4) is 0 Å². The Labute approximate surface area is 144 Å². The lowest BCUT2D eigenvalue weighted by Gasteiger charge is -2.21. The number of nitrogens with one attached hydrogen (secondary N) is 1. The number of aryl methyl sites for hydroxylation is 1. The number of carbonyl (C=O) groups is 2. The summed E-state index contributed by atoms with van der Waals surface area (Å²) in [6.45, 7) is 3.43. The van der Waals surface area contributed by atoms with E-state index in [2.05, 4.69) is 5.32 Å². The van der Waals surface area contributed by atoms with Crippen molar-refractivity contribution in [1.29, 1.82) is 0 Å². The average molecular weight is 329 g/mol. The highest BCUT2D eigenvalue weighted by Gasteiger charge is 2.31. The fourth-order valence-electron chi connectivity index (χ4n) is 3.56. The Balaban J connectivity index is 1.53. The highest BCUT2D eigenvalue weighted by molar-refractivity contribution is 5.96. The summed E-state index contributed by atoms with van der Waals surface area (Å²) < 4.78 is 0. The first kappa shape index (κ1) is 16.8. The number of nitrogens with zero attached hydrogens (tertiary/aromatic N) is 2. The summed E-state index contributed by atoms with van der Waals surface area (Å²) >= 11 is 0. The normalized spacial score (nSPS) is 19.5. The molecule has 2 aliphatic rings. The lowest BCUT2D eigenvalue weighted by molar-refractivity contribution is -0.122. The van der Waals surface area contributed by atoms with Gasteiger partial charge in [0.25, 0.3) is 0 Å². The molecule has 1 aliphatic carbocycles. The fraction of sp³-hybridized carbons (Fsp3) is 0.579. The average Bonchev–Trinajstić information content (AvgIpc) is 2.76. The van der Waals surface area contributed by atoms with Crippen molar-refractivity contribution in [1.82, 2.24) is 10.2 Å². The molecule has 1 aromatic rings. The predicted molar refractivity (Wildman–Crippen MR) is 95.1 cm³/mol. The van der Waals surface area contributed by atoms with Crippen LogP contribution in [0.15, 0.2) is 24.3 Å². The van der Waals surface area contributed by atoms with Gasteiger partial charge in [-0.3, -0.25) is 9.69 Å². The number of hydrogen-bond acceptors (Lipinski definition) is 2. The lowest BCUT2D eigenvalue weighted by atomic mass is 10.1. The zero-order valence-corrected chi connectivity index (χ0v) is 14.5. The summed E-state index contributed by atoms with van der Waals surface area (Å²) in [6, 6.07) is 8.14. The van der Waals surface area contributed by atoms with Gasteiger partial charge in [0.2, 0.25) is 5.91 Å². The molecule has 0 spiro atoms. The molecule has 0 atom stereocenters. The van der Waals surface area contributed by atoms with Gasteiger partial charge in [-0.2, -0.15) is 0 Å². The van der Waals surface area contributed by atoms with Crippen molar-refractivity contribution in [2.75, 3.05) is 24.5 Å². The zero-order chi connectivity index (χ0) is 16.9. The molecule has 1 heterocycles. The number of urea groups is 1. The summed E-state index contributed by atoms with van der Waals surface area (Å²) in [6.07, 6.45) is 7.04. The van der Waals surface area contributed by atoms with Crippen LogP contribution in [-0.2, 0) is 4.79 Å². The number of hydrogen-bond donors (Lipinski definition) is 1. The highest BCUT2D eigenvalue weighted by Crippen LogP contribution is 2.21. The quantitative estimate of drug-likeness (QED) is 0.863. The first-order valence-electron chi connectivity index (χ1n) is 9.06. The van der Waals surface area contributed by atoms with Crippen LogP contribution in [0.1, 0.15) is 44.1 Å². The van der Waals surface area contributed by atoms with Gasteiger partial charge in [-0.05, 0) is 31.9 Å². The smallest absolute Gasteiger partial charge is 0.325 e. The predicted octanol–water partition coefficient (Wildman–Crippen LogP) is 3.08. The Morgan fingerprint density at radius 2 is 1.75 bits per heavy atom. The topological polar surface area (TPSA) is 52.6 Å². The molecule has 1 aliphatic heterocycles. The fourth-order valence-corrected chi connectivity index (χ4v) is 3.56. The Hall–Kier alpha value is -2.04. The molecule has 2 fully saturated rings. The Morgan fingerprint density at radius 3 is 2.42 bits per heavy atom. The van der Waals surface area contributed by atoms with E-state index >= 15 is 0 Å². The van der Waals surface area contributed by atoms with Crippen LogP contribution in [-0.4, -0.2) is 42.5 Å². The molecule has 130 valence electrons. The van der Waals surface area contributed by atoms with Gasteiger partial charge in [0.15, 0.2) is 0 Å². The second-order valence-electron chi connectivity index (χ2n) is 6.95. The van der Waals surface area contributed by atoms with E-state index in [0.717, 1.165) is 18.5 Å². The van der Waals surface area contributed by atoms with E-state index in [1.807, 2.05) is 31.2 Å². The van der Waals surface area contributed by atoms with E-state index < -0.39 is 0 Å². The molecule has 0 aromatic heterocycles. The molecule has 0 unspecified atom stereocenters. The molecule has 1 saturated carbocycles. The monoisotopic (exact) mass is 329 g/mol. The SMILES string of the molecule is Cc1ccc(N2CCN(CC(=O)NC3CCCCCC3)C2=O)cc1. The third-order valence-corrected chi connectivity index (χ3v) is 5.00. The second-order valence-corrected chi connectivity index (χ2v) is 6.95. The van der Waals surface area contributed by atoms with Gasteiger partial charge < -0.3 is 10.2 Å². The van der Waals surface area contributed by atoms with Crippen LogP contribution in [0.5, 0.6) is 0 Å². The van der Waals surface area contributed by atoms with Crippen LogP contribution in [0.25, 0.3) is 0 Å². The van der Waals surface area contributed by atoms with Gasteiger partial charge in [-0.15, -0.1) is 0 Å². The first-order chi connectivity index (χ1) is 11.6. The van der Waals surface area contributed by atoms with Crippen LogP contribution < -0.4 is 10.2 Å². The number of benzene rings is 1. The number of anilines is 1. The summed E-state index contributed by atoms with van der Waals surface area (Å²) in [7, 11) is 0. The number of rotatable bonds is 4. The van der Waals surface area contributed by atoms with E-state index in [1.54, 1.807) is 9.80 Å². The molecule has 3 amide bonds. The molecule has 0 radical (unpaired) electrons. The van der Waals surface area contributed by atoms with E-state index in [9.17, 15) is 9.59 Å². The maximum atomic E-state index is 12.5. The van der Waals surface area contributed by atoms with Crippen LogP contribution in [0.2, 0.25) is 0 Å². The molecule has 1 aromatic carbocycles. The summed E-state index contributed by atoms with van der Waals surface area (Å²) in [5, 5.41) is 3.12. The molecule has 5 nitrogen and oxygen atoms in total. The third kappa shape index (κ3) is 4.08. The molecular formula is C19H27N3O2. The molecule has 1 N–H and O–H groups in total. The second kappa shape index (κ2) is 7.69. The van der Waals surface area contributed by atoms with Gasteiger partial charge in [-0.25, -0.2) is 4.79 Å². The van der Waals surface area contributed by atoms with Gasteiger partial charge in [-0.1, -0.05) is 43.4 Å². The third-order valence-electron chi connectivity index (χ3n) is 5.00. The van der Waals surface area contributed by atoms with Crippen molar-refractivity contribution in [2.24, 2.45) is 0 Å². The van der Waals surface area contributed by atoms with Crippen LogP contribution in [0, 0.1) is 6.92 Å². The molecule has 1 saturated heterocycles. The van der Waals surface area contributed by atoms with E-state index in [0.29, 0.717) is 13.1 Å². The van der Waals surface area contributed by atoms with Crippen LogP contribution >= 0.6 is 0 Å². The standard InChI is InChI=1S/C19H27N3O2/c1-15-8-10-17(11-9-15)22-13-12-21(19(22)24)14-18(23)20-16-6-4-2-3-5-7-16/h8-11,16H,2-7,12-14H2,1H3,(H,20,23). The summed E-state index contributed by atoms with van der Waals surface area (Å²) in [4.78, 5) is 28.2. The zero-order valence-electron chi connectivity index (χ0n) is 14.5. The largest absolute Gasteiger partial charge is 0.352 e. The van der Waals surface area contributed by atoms with E-state index in [1.165, 1.54) is 31.2 Å². The Kier molecular flexibility index (Phi) is 5.38. The van der Waals surface area contributed by atoms with E-state index in [4.69, 9.17) is 0 Å². The maximum absolute atomic E-state index is 12.5. The lowest BCUT2D eigenvalue weighted by Crippen LogP contribution is -2.43. The molecule has 5 heteroatoms. The maximum Gasteiger partial charge on any atom is 0.325 e. The summed E-state index contributed by atoms with van der Waals surface area (Å²) in [5.74, 6) is -0.0268. The van der Waals surface area contributed by atoms with Gasteiger partial charge in [0.05, 0.1) is 0 Å². The minimum Gasteiger partial charge on any atom is -0.352 e. The van der Waals surface area contributed by atoms with Crippen molar-refractivity contribution in [2.45, 2.75) is 51.5 Å². The minimum absolute atomic E-state index is 0.0268.